The van der Waals surface area contributed by atoms with E-state index < -0.39 is 37.2 Å². The summed E-state index contributed by atoms with van der Waals surface area (Å²) in [5, 5.41) is 34.7. The molecule has 0 aromatic carbocycles. The maximum Gasteiger partial charge on any atom is 0.211 e. The molecular formula is C6H12O6. The first kappa shape index (κ1) is 4.12. The third-order valence-electron chi connectivity index (χ3n) is 0.946. The average molecular weight is 187 g/mol. The van der Waals surface area contributed by atoms with Crippen molar-refractivity contribution in [3.63, 3.8) is 0 Å². The van der Waals surface area contributed by atoms with E-state index in [0.717, 1.165) is 0 Å². The van der Waals surface area contributed by atoms with Crippen molar-refractivity contribution >= 4 is 5.78 Å². The highest BCUT2D eigenvalue weighted by atomic mass is 16.4. The molecule has 0 fully saturated rings. The van der Waals surface area contributed by atoms with Crippen molar-refractivity contribution in [1.29, 1.82) is 2.86 Å². The van der Waals surface area contributed by atoms with Gasteiger partial charge in [0.1, 0.15) is 18.3 Å². The van der Waals surface area contributed by atoms with Crippen LogP contribution in [-0.4, -0.2) is 65.6 Å². The van der Waals surface area contributed by atoms with Crippen LogP contribution in [0.3, 0.4) is 0 Å². The summed E-state index contributed by atoms with van der Waals surface area (Å²) in [5.41, 5.74) is 0. The van der Waals surface area contributed by atoms with Crippen LogP contribution < -0.4 is 0 Å². The minimum absolute atomic E-state index is 2.01. The maximum absolute atomic E-state index is 11.6. The molecule has 0 aliphatic heterocycles. The van der Waals surface area contributed by atoms with E-state index in [-0.39, 0.29) is 0 Å². The second-order valence-corrected chi connectivity index (χ2v) is 1.73. The molecule has 12 heavy (non-hydrogen) atoms. The first-order chi connectivity index (χ1) is 8.34. The zero-order chi connectivity index (χ0) is 15.6. The lowest BCUT2D eigenvalue weighted by Gasteiger charge is -2.16. The Morgan fingerprint density at radius 2 is 2.33 bits per heavy atom. The Hall–Kier alpha value is -0.530. The van der Waals surface area contributed by atoms with Gasteiger partial charge in [-0.05, 0) is 0 Å². The van der Waals surface area contributed by atoms with Crippen LogP contribution in [0.4, 0.5) is 0 Å². The fraction of sp³-hybridized carbons (Fsp3) is 0.833. The molecule has 0 heterocycles. The summed E-state index contributed by atoms with van der Waals surface area (Å²) in [6, 6.07) is 0. The van der Waals surface area contributed by atoms with E-state index in [9.17, 15) is 15.0 Å². The first-order valence-corrected chi connectivity index (χ1v) is 2.72. The summed E-state index contributed by atoms with van der Waals surface area (Å²) in [6.45, 7) is -6.06. The van der Waals surface area contributed by atoms with Crippen LogP contribution >= 0.6 is 0 Å². The number of carbonyl (C=O) groups excluding carboxylic acids is 1. The molecule has 0 rings (SSSR count). The van der Waals surface area contributed by atoms with Crippen LogP contribution in [0.1, 0.15) is 6.85 Å². The number of aliphatic hydroxyl groups is 5. The normalized spacial score (nSPS) is 35.8. The van der Waals surface area contributed by atoms with Crippen molar-refractivity contribution in [2.75, 3.05) is 13.1 Å². The summed E-state index contributed by atoms with van der Waals surface area (Å²) in [7, 11) is 0. The Morgan fingerprint density at radius 1 is 1.67 bits per heavy atom. The summed E-state index contributed by atoms with van der Waals surface area (Å²) in [5.74, 6) is -2.01. The predicted octanol–water partition coefficient (Wildman–Crippen LogP) is -3.38. The summed E-state index contributed by atoms with van der Waals surface area (Å²) in [6.07, 6.45) is -10.4. The van der Waals surface area contributed by atoms with Crippen LogP contribution in [0.25, 0.3) is 0 Å². The fourth-order valence-electron chi connectivity index (χ4n) is 0.366. The number of carbonyl (C=O) groups is 1. The van der Waals surface area contributed by atoms with E-state index in [1.165, 1.54) is 0 Å². The van der Waals surface area contributed by atoms with Crippen molar-refractivity contribution in [2.24, 2.45) is 0 Å². The van der Waals surface area contributed by atoms with Gasteiger partial charge in [-0.25, -0.2) is 0 Å². The number of hydrogen-bond acceptors (Lipinski definition) is 6. The zero-order valence-corrected chi connectivity index (χ0v) is 5.72. The van der Waals surface area contributed by atoms with E-state index in [1.54, 1.807) is 0 Å². The molecule has 0 radical (unpaired) electrons. The Bertz CT molecular complexity index is 329. The number of rotatable bonds is 7. The SMILES string of the molecule is [2H]OC([2H])[C@H](O[2H])C(=O)[C@]([2H])(O)[C@]([2H])(O)C([2H])([2H])O. The third kappa shape index (κ3) is 2.84. The Morgan fingerprint density at radius 3 is 2.75 bits per heavy atom. The second kappa shape index (κ2) is 5.18. The molecule has 0 bridgehead atoms. The van der Waals surface area contributed by atoms with Crippen LogP contribution in [0.15, 0.2) is 0 Å². The molecular weight excluding hydrogens is 168 g/mol. The maximum atomic E-state index is 11.6. The van der Waals surface area contributed by atoms with Gasteiger partial charge in [0.2, 0.25) is 2.86 Å². The van der Waals surface area contributed by atoms with Gasteiger partial charge in [0.05, 0.1) is 20.0 Å². The fourth-order valence-corrected chi connectivity index (χ4v) is 0.366. The van der Waals surface area contributed by atoms with Gasteiger partial charge in [-0.2, -0.15) is 0 Å². The predicted molar refractivity (Wildman–Crippen MR) is 37.2 cm³/mol. The highest BCUT2D eigenvalue weighted by Crippen LogP contribution is 1.98. The molecule has 0 aromatic rings. The van der Waals surface area contributed by atoms with Crippen molar-refractivity contribution in [2.45, 2.75) is 18.3 Å². The molecule has 0 aliphatic rings. The van der Waals surface area contributed by atoms with E-state index >= 15 is 0 Å². The molecule has 0 saturated heterocycles. The number of hydrogen-bond donors (Lipinski definition) is 5. The van der Waals surface area contributed by atoms with Gasteiger partial charge in [0.25, 0.3) is 0 Å². The third-order valence-corrected chi connectivity index (χ3v) is 0.946. The Labute approximate surface area is 78.7 Å². The standard InChI is InChI=1S/C6H12O6/c7-1-3(9)5(11)6(12)4(10)2-8/h3-5,7-11H,1-2H2/t3-,4+,5-/m1/s1/i1D2,2D,3D,5D,8D,10D/t2?,3-,4+,5-. The minimum Gasteiger partial charge on any atom is -0.394 e. The molecule has 1 unspecified atom stereocenters. The van der Waals surface area contributed by atoms with Gasteiger partial charge in [-0.15, -0.1) is 0 Å². The van der Waals surface area contributed by atoms with E-state index in [0.29, 0.717) is 0 Å². The van der Waals surface area contributed by atoms with Gasteiger partial charge >= 0.3 is 0 Å². The van der Waals surface area contributed by atoms with Crippen LogP contribution in [0.5, 0.6) is 0 Å². The zero-order valence-electron chi connectivity index (χ0n) is 12.7. The minimum atomic E-state index is -4.03. The highest BCUT2D eigenvalue weighted by Gasteiger charge is 2.28. The Balaban J connectivity index is 5.47. The number of ketones is 1. The van der Waals surface area contributed by atoms with E-state index in [2.05, 4.69) is 10.2 Å². The lowest BCUT2D eigenvalue weighted by atomic mass is 10.1. The Kier molecular flexibility index (Phi) is 1.78. The molecule has 72 valence electrons. The van der Waals surface area contributed by atoms with Gasteiger partial charge in [0.15, 0.2) is 5.78 Å². The van der Waals surface area contributed by atoms with Gasteiger partial charge in [0, 0.05) is 0 Å². The molecule has 4 atom stereocenters. The van der Waals surface area contributed by atoms with Gasteiger partial charge in [-0.3, -0.25) is 4.79 Å². The van der Waals surface area contributed by atoms with Crippen LogP contribution in [0, 0.1) is 0 Å². The smallest absolute Gasteiger partial charge is 0.211 e. The van der Waals surface area contributed by atoms with Crippen LogP contribution in [-0.2, 0) is 4.79 Å². The molecule has 6 heteroatoms. The number of aliphatic hydroxyl groups excluding tert-OH is 2. The molecule has 0 spiro atoms. The topological polar surface area (TPSA) is 118 Å². The highest BCUT2D eigenvalue weighted by molar-refractivity contribution is 5.87. The van der Waals surface area contributed by atoms with E-state index in [1.807, 2.05) is 0 Å². The van der Waals surface area contributed by atoms with Crippen molar-refractivity contribution < 1.29 is 37.2 Å². The molecule has 0 saturated carbocycles. The molecule has 0 aliphatic carbocycles. The average Bonchev–Trinajstić information content (AvgIpc) is 2.27. The van der Waals surface area contributed by atoms with Crippen molar-refractivity contribution in [3.8, 4) is 0 Å². The van der Waals surface area contributed by atoms with Crippen molar-refractivity contribution in [1.82, 2.24) is 0 Å². The summed E-state index contributed by atoms with van der Waals surface area (Å²) < 4.78 is 47.2. The van der Waals surface area contributed by atoms with Gasteiger partial charge < -0.3 is 25.5 Å². The van der Waals surface area contributed by atoms with Gasteiger partial charge in [-0.1, -0.05) is 0 Å². The lowest BCUT2D eigenvalue weighted by molar-refractivity contribution is -0.144. The number of Topliss-reactive ketones (excluding diaryl/α,β-unsaturated/α-hetero) is 1. The van der Waals surface area contributed by atoms with Crippen LogP contribution in [0.2, 0.25) is 0 Å². The van der Waals surface area contributed by atoms with Crippen molar-refractivity contribution in [3.05, 3.63) is 0 Å². The summed E-state index contributed by atoms with van der Waals surface area (Å²) in [4.78, 5) is 11.6. The quantitative estimate of drug-likeness (QED) is 0.284. The monoisotopic (exact) mass is 187 g/mol. The summed E-state index contributed by atoms with van der Waals surface area (Å²) >= 11 is 0. The molecule has 0 amide bonds. The van der Waals surface area contributed by atoms with E-state index in [4.69, 9.17) is 14.8 Å². The molecule has 6 nitrogen and oxygen atoms in total. The largest absolute Gasteiger partial charge is 0.394 e. The lowest BCUT2D eigenvalue weighted by Crippen LogP contribution is -2.43. The molecule has 0 aromatic heterocycles. The second-order valence-electron chi connectivity index (χ2n) is 1.73. The first-order valence-electron chi connectivity index (χ1n) is 6.11. The molecule has 5 N–H and O–H groups in total.